The van der Waals surface area contributed by atoms with Gasteiger partial charge < -0.3 is 29.5 Å². The molecule has 1 aliphatic carbocycles. The molecule has 6 rings (SSSR count). The number of hydrogen-bond donors (Lipinski definition) is 2. The van der Waals surface area contributed by atoms with Crippen molar-refractivity contribution >= 4 is 46.0 Å². The molecule has 1 saturated carbocycles. The number of hydrogen-bond acceptors (Lipinski definition) is 10. The van der Waals surface area contributed by atoms with Gasteiger partial charge in [-0.2, -0.15) is 13.2 Å². The number of fused-ring (bicyclic) bond motifs is 1. The van der Waals surface area contributed by atoms with Gasteiger partial charge in [0.2, 0.25) is 17.2 Å². The zero-order chi connectivity index (χ0) is 36.6. The molecule has 0 radical (unpaired) electrons. The highest BCUT2D eigenvalue weighted by Gasteiger charge is 2.35. The van der Waals surface area contributed by atoms with Crippen LogP contribution in [-0.2, 0) is 23.9 Å². The van der Waals surface area contributed by atoms with Gasteiger partial charge in [-0.3, -0.25) is 14.4 Å². The summed E-state index contributed by atoms with van der Waals surface area (Å²) in [7, 11) is 0. The number of benzene rings is 1. The van der Waals surface area contributed by atoms with Crippen LogP contribution in [0.1, 0.15) is 67.0 Å². The van der Waals surface area contributed by atoms with Gasteiger partial charge in [0, 0.05) is 31.4 Å². The fourth-order valence-corrected chi connectivity index (χ4v) is 6.57. The highest BCUT2D eigenvalue weighted by Crippen LogP contribution is 2.34. The summed E-state index contributed by atoms with van der Waals surface area (Å²) in [5.41, 5.74) is -0.348. The molecule has 0 unspecified atom stereocenters. The van der Waals surface area contributed by atoms with Gasteiger partial charge in [-0.05, 0) is 57.2 Å². The van der Waals surface area contributed by atoms with E-state index >= 15 is 0 Å². The van der Waals surface area contributed by atoms with E-state index in [0.29, 0.717) is 24.2 Å². The zero-order valence-corrected chi connectivity index (χ0v) is 28.9. The molecule has 2 amide bonds. The van der Waals surface area contributed by atoms with E-state index in [2.05, 4.69) is 25.3 Å². The van der Waals surface area contributed by atoms with Crippen LogP contribution in [0.4, 0.5) is 24.5 Å². The summed E-state index contributed by atoms with van der Waals surface area (Å²) in [6, 6.07) is 2.29. The minimum Gasteiger partial charge on any atom is -0.504 e. The summed E-state index contributed by atoms with van der Waals surface area (Å²) >= 11 is 6.13. The second-order valence-electron chi connectivity index (χ2n) is 12.5. The van der Waals surface area contributed by atoms with Gasteiger partial charge in [0.1, 0.15) is 24.7 Å². The number of rotatable bonds is 9. The second-order valence-corrected chi connectivity index (χ2v) is 12.9. The SMILES string of the molecule is CCc1c(N2CCN(C(=O)c3ncnc(C)c3O)C[C@@H]2CC)c(=O)c2nc(OC3CCC3)cnc2n1CC(=O)Nc1ccc(C(F)(F)F)cc1Cl. The molecule has 2 aliphatic rings. The van der Waals surface area contributed by atoms with E-state index in [1.165, 1.54) is 12.5 Å². The number of halogens is 4. The number of carbonyl (C=O) groups excluding carboxylic acids is 2. The lowest BCUT2D eigenvalue weighted by Crippen LogP contribution is -2.56. The molecule has 270 valence electrons. The Balaban J connectivity index is 1.38. The number of nitrogens with one attached hydrogen (secondary N) is 1. The first-order valence-electron chi connectivity index (χ1n) is 16.6. The van der Waals surface area contributed by atoms with E-state index in [0.717, 1.165) is 37.5 Å². The molecule has 1 aromatic carbocycles. The van der Waals surface area contributed by atoms with Crippen LogP contribution in [0, 0.1) is 6.92 Å². The molecule has 1 atom stereocenters. The number of aromatic nitrogens is 5. The highest BCUT2D eigenvalue weighted by molar-refractivity contribution is 6.33. The number of aryl methyl sites for hydroxylation is 1. The van der Waals surface area contributed by atoms with Gasteiger partial charge >= 0.3 is 6.18 Å². The lowest BCUT2D eigenvalue weighted by Gasteiger charge is -2.43. The van der Waals surface area contributed by atoms with Crippen molar-refractivity contribution in [1.29, 1.82) is 0 Å². The van der Waals surface area contributed by atoms with E-state index in [9.17, 15) is 32.7 Å². The topological polar surface area (TPSA) is 156 Å². The first-order valence-corrected chi connectivity index (χ1v) is 17.0. The van der Waals surface area contributed by atoms with Crippen LogP contribution < -0.4 is 20.4 Å². The monoisotopic (exact) mass is 728 g/mol. The molecule has 4 heterocycles. The minimum absolute atomic E-state index is 0.0164. The van der Waals surface area contributed by atoms with Crippen molar-refractivity contribution in [3.63, 3.8) is 0 Å². The quantitative estimate of drug-likeness (QED) is 0.237. The molecule has 51 heavy (non-hydrogen) atoms. The zero-order valence-electron chi connectivity index (χ0n) is 28.1. The molecule has 2 N–H and O–H groups in total. The Kier molecular flexibility index (Phi) is 10.1. The van der Waals surface area contributed by atoms with E-state index in [1.807, 2.05) is 18.7 Å². The summed E-state index contributed by atoms with van der Waals surface area (Å²) in [4.78, 5) is 61.9. The molecule has 4 aromatic rings. The van der Waals surface area contributed by atoms with Gasteiger partial charge in [-0.25, -0.2) is 19.9 Å². The normalized spacial score (nSPS) is 16.6. The first-order chi connectivity index (χ1) is 24.3. The first kappa shape index (κ1) is 35.8. The molecule has 3 aromatic heterocycles. The lowest BCUT2D eigenvalue weighted by molar-refractivity contribution is -0.137. The average Bonchev–Trinajstić information content (AvgIpc) is 3.08. The molecule has 13 nitrogen and oxygen atoms in total. The van der Waals surface area contributed by atoms with Crippen LogP contribution in [0.2, 0.25) is 5.02 Å². The van der Waals surface area contributed by atoms with Crippen molar-refractivity contribution in [2.24, 2.45) is 0 Å². The summed E-state index contributed by atoms with van der Waals surface area (Å²) < 4.78 is 47.2. The third-order valence-corrected chi connectivity index (χ3v) is 9.61. The summed E-state index contributed by atoms with van der Waals surface area (Å²) in [5, 5.41) is 12.8. The van der Waals surface area contributed by atoms with Crippen LogP contribution in [0.3, 0.4) is 0 Å². The molecular weight excluding hydrogens is 693 g/mol. The maximum Gasteiger partial charge on any atom is 0.416 e. The lowest BCUT2D eigenvalue weighted by atomic mass is 9.96. The van der Waals surface area contributed by atoms with Crippen LogP contribution >= 0.6 is 11.6 Å². The maximum atomic E-state index is 14.4. The minimum atomic E-state index is -4.61. The Morgan fingerprint density at radius 2 is 1.90 bits per heavy atom. The highest BCUT2D eigenvalue weighted by atomic mass is 35.5. The number of pyridine rings is 1. The van der Waals surface area contributed by atoms with Crippen molar-refractivity contribution < 1.29 is 32.6 Å². The molecule has 1 saturated heterocycles. The predicted molar refractivity (Wildman–Crippen MR) is 182 cm³/mol. The van der Waals surface area contributed by atoms with E-state index < -0.39 is 29.0 Å². The van der Waals surface area contributed by atoms with Crippen LogP contribution in [0.5, 0.6) is 11.6 Å². The van der Waals surface area contributed by atoms with E-state index in [1.54, 1.807) is 16.4 Å². The Morgan fingerprint density at radius 3 is 2.55 bits per heavy atom. The number of piperazine rings is 1. The third-order valence-electron chi connectivity index (χ3n) is 9.30. The molecule has 17 heteroatoms. The number of alkyl halides is 3. The average molecular weight is 729 g/mol. The number of nitrogens with zero attached hydrogens (tertiary/aromatic N) is 7. The van der Waals surface area contributed by atoms with Gasteiger partial charge in [0.15, 0.2) is 22.6 Å². The number of anilines is 2. The van der Waals surface area contributed by atoms with Crippen molar-refractivity contribution in [1.82, 2.24) is 29.4 Å². The van der Waals surface area contributed by atoms with Gasteiger partial charge in [0.25, 0.3) is 5.91 Å². The number of ether oxygens (including phenoxy) is 1. The predicted octanol–water partition coefficient (Wildman–Crippen LogP) is 5.14. The Hall–Kier alpha value is -4.99. The summed E-state index contributed by atoms with van der Waals surface area (Å²) in [6.45, 7) is 5.60. The Morgan fingerprint density at radius 1 is 1.14 bits per heavy atom. The van der Waals surface area contributed by atoms with Crippen LogP contribution in [-0.4, -0.2) is 78.1 Å². The molecule has 0 bridgehead atoms. The van der Waals surface area contributed by atoms with Gasteiger partial charge in [-0.15, -0.1) is 0 Å². The maximum absolute atomic E-state index is 14.4. The van der Waals surface area contributed by atoms with Crippen LogP contribution in [0.25, 0.3) is 11.2 Å². The summed E-state index contributed by atoms with van der Waals surface area (Å²) in [6.07, 6.45) is 1.51. The smallest absolute Gasteiger partial charge is 0.416 e. The number of aromatic hydroxyl groups is 1. The van der Waals surface area contributed by atoms with Crippen molar-refractivity contribution in [2.75, 3.05) is 29.9 Å². The molecule has 2 fully saturated rings. The molecule has 0 spiro atoms. The van der Waals surface area contributed by atoms with Crippen LogP contribution in [0.15, 0.2) is 35.5 Å². The third kappa shape index (κ3) is 7.14. The molecular formula is C34H36ClF3N8O5. The van der Waals surface area contributed by atoms with E-state index in [4.69, 9.17) is 16.3 Å². The fourth-order valence-electron chi connectivity index (χ4n) is 6.34. The number of amides is 2. The number of carbonyl (C=O) groups is 2. The molecule has 1 aliphatic heterocycles. The van der Waals surface area contributed by atoms with Crippen molar-refractivity contribution in [2.45, 2.75) is 77.7 Å². The van der Waals surface area contributed by atoms with Crippen molar-refractivity contribution in [3.05, 3.63) is 68.6 Å². The summed E-state index contributed by atoms with van der Waals surface area (Å²) in [5.74, 6) is -1.21. The van der Waals surface area contributed by atoms with Crippen molar-refractivity contribution in [3.8, 4) is 11.6 Å². The van der Waals surface area contributed by atoms with Gasteiger partial charge in [0.05, 0.1) is 28.2 Å². The fraction of sp³-hybridized carbons (Fsp3) is 0.441. The van der Waals surface area contributed by atoms with E-state index in [-0.39, 0.29) is 83.2 Å². The Labute approximate surface area is 295 Å². The Bertz CT molecular complexity index is 2060. The largest absolute Gasteiger partial charge is 0.504 e. The second kappa shape index (κ2) is 14.3. The standard InChI is InChI=1S/C34H36ClF3N8O5/c1-4-20-15-44(33(50)28-30(48)18(3)40-17-41-28)11-12-45(20)29-24(5-2)46(16-25(47)42-23-10-9-19(13-22(23)35)34(36,37)38)32-27(31(29)49)43-26(14-39-32)51-21-7-6-8-21/h9-10,13-14,17,20-21,48H,4-8,11-12,15-16H2,1-3H3,(H,42,47)/t20-/m0/s1. The van der Waals surface area contributed by atoms with Gasteiger partial charge in [-0.1, -0.05) is 25.4 Å².